The third-order valence-corrected chi connectivity index (χ3v) is 6.59. The molecule has 1 saturated carbocycles. The number of nitrogens with one attached hydrogen (secondary N) is 1. The first kappa shape index (κ1) is 18.9. The number of fused-ring (bicyclic) bond motifs is 2. The quantitative estimate of drug-likeness (QED) is 0.828. The highest BCUT2D eigenvalue weighted by Crippen LogP contribution is 2.48. The Labute approximate surface area is 165 Å². The van der Waals surface area contributed by atoms with Crippen LogP contribution in [0.15, 0.2) is 18.2 Å². The van der Waals surface area contributed by atoms with Crippen LogP contribution in [0.4, 0.5) is 4.79 Å². The number of aliphatic carboxylic acids is 1. The lowest BCUT2D eigenvalue weighted by molar-refractivity contribution is -0.149. The summed E-state index contributed by atoms with van der Waals surface area (Å²) in [6, 6.07) is 5.70. The van der Waals surface area contributed by atoms with Gasteiger partial charge >= 0.3 is 12.0 Å². The molecule has 7 heteroatoms. The highest BCUT2D eigenvalue weighted by Gasteiger charge is 2.55. The second kappa shape index (κ2) is 6.87. The number of ether oxygens (including phenoxy) is 2. The molecule has 152 valence electrons. The van der Waals surface area contributed by atoms with Gasteiger partial charge in [-0.1, -0.05) is 26.3 Å². The van der Waals surface area contributed by atoms with Crippen LogP contribution in [-0.2, 0) is 10.2 Å². The summed E-state index contributed by atoms with van der Waals surface area (Å²) >= 11 is 0. The second-order valence-corrected chi connectivity index (χ2v) is 8.83. The second-order valence-electron chi connectivity index (χ2n) is 8.83. The molecule has 1 aromatic carbocycles. The first-order valence-electron chi connectivity index (χ1n) is 9.98. The van der Waals surface area contributed by atoms with E-state index in [0.29, 0.717) is 39.3 Å². The molecule has 7 nitrogen and oxygen atoms in total. The molecule has 2 N–H and O–H groups in total. The van der Waals surface area contributed by atoms with E-state index >= 15 is 0 Å². The zero-order valence-corrected chi connectivity index (χ0v) is 16.5. The molecule has 0 spiro atoms. The molecule has 0 radical (unpaired) electrons. The van der Waals surface area contributed by atoms with Gasteiger partial charge in [-0.25, -0.2) is 4.79 Å². The molecule has 28 heavy (non-hydrogen) atoms. The Morgan fingerprint density at radius 3 is 2.75 bits per heavy atom. The van der Waals surface area contributed by atoms with Gasteiger partial charge in [0.1, 0.15) is 13.2 Å². The van der Waals surface area contributed by atoms with Crippen molar-refractivity contribution in [2.45, 2.75) is 38.5 Å². The first-order chi connectivity index (χ1) is 13.3. The lowest BCUT2D eigenvalue weighted by Gasteiger charge is -2.29. The van der Waals surface area contributed by atoms with Crippen LogP contribution in [0.3, 0.4) is 0 Å². The van der Waals surface area contributed by atoms with E-state index < -0.39 is 11.4 Å². The molecule has 3 aliphatic rings. The summed E-state index contributed by atoms with van der Waals surface area (Å²) in [5.41, 5.74) is 0.00575. The maximum absolute atomic E-state index is 12.7. The van der Waals surface area contributed by atoms with Gasteiger partial charge in [-0.05, 0) is 36.5 Å². The Hall–Kier alpha value is -2.44. The van der Waals surface area contributed by atoms with Gasteiger partial charge in [0.15, 0.2) is 11.5 Å². The molecule has 1 saturated heterocycles. The van der Waals surface area contributed by atoms with Gasteiger partial charge in [0, 0.05) is 25.0 Å². The molecule has 2 aliphatic heterocycles. The first-order valence-corrected chi connectivity index (χ1v) is 9.98. The van der Waals surface area contributed by atoms with Crippen molar-refractivity contribution in [3.8, 4) is 11.5 Å². The average Bonchev–Trinajstić information content (AvgIpc) is 3.24. The van der Waals surface area contributed by atoms with E-state index in [-0.39, 0.29) is 17.4 Å². The van der Waals surface area contributed by atoms with Crippen LogP contribution in [0.5, 0.6) is 11.5 Å². The van der Waals surface area contributed by atoms with E-state index in [9.17, 15) is 14.7 Å². The zero-order chi connectivity index (χ0) is 19.9. The molecule has 4 rings (SSSR count). The van der Waals surface area contributed by atoms with Crippen molar-refractivity contribution in [3.05, 3.63) is 23.8 Å². The van der Waals surface area contributed by atoms with Gasteiger partial charge < -0.3 is 24.8 Å². The van der Waals surface area contributed by atoms with E-state index in [1.54, 1.807) is 4.90 Å². The number of nitrogens with zero attached hydrogens (tertiary/aromatic N) is 1. The minimum Gasteiger partial charge on any atom is -0.486 e. The zero-order valence-electron chi connectivity index (χ0n) is 16.5. The molecule has 0 aromatic heterocycles. The predicted octanol–water partition coefficient (Wildman–Crippen LogP) is 2.63. The number of carbonyl (C=O) groups excluding carboxylic acids is 1. The maximum Gasteiger partial charge on any atom is 0.317 e. The Morgan fingerprint density at radius 1 is 1.29 bits per heavy atom. The van der Waals surface area contributed by atoms with E-state index in [1.807, 2.05) is 18.2 Å². The lowest BCUT2D eigenvalue weighted by Crippen LogP contribution is -2.45. The van der Waals surface area contributed by atoms with Crippen molar-refractivity contribution in [3.63, 3.8) is 0 Å². The Balaban J connectivity index is 1.40. The molecule has 2 amide bonds. The van der Waals surface area contributed by atoms with Crippen molar-refractivity contribution in [2.75, 3.05) is 32.8 Å². The molecular formula is C21H28N2O5. The van der Waals surface area contributed by atoms with Crippen molar-refractivity contribution in [1.82, 2.24) is 10.2 Å². The standard InChI is InChI=1S/C21H28N2O5/c1-20(2,14-5-6-16-17(10-14)28-9-8-27-16)12-22-19(26)23-11-15-4-3-7-21(15,13-23)18(24)25/h5-6,10,15H,3-4,7-9,11-13H2,1-2H3,(H,22,26)(H,24,25)/t15-,21+/m0/s1. The van der Waals surface area contributed by atoms with Gasteiger partial charge in [0.25, 0.3) is 0 Å². The number of benzene rings is 1. The van der Waals surface area contributed by atoms with Crippen LogP contribution in [0.25, 0.3) is 0 Å². The summed E-state index contributed by atoms with van der Waals surface area (Å²) in [6.45, 7) is 6.51. The summed E-state index contributed by atoms with van der Waals surface area (Å²) in [6.07, 6.45) is 2.49. The molecule has 1 aliphatic carbocycles. The Morgan fingerprint density at radius 2 is 2.04 bits per heavy atom. The Kier molecular flexibility index (Phi) is 4.63. The number of carboxylic acid groups (broad SMARTS) is 1. The van der Waals surface area contributed by atoms with Crippen LogP contribution < -0.4 is 14.8 Å². The summed E-state index contributed by atoms with van der Waals surface area (Å²) in [5.74, 6) is 0.791. The summed E-state index contributed by atoms with van der Waals surface area (Å²) in [7, 11) is 0. The number of amides is 2. The van der Waals surface area contributed by atoms with Crippen LogP contribution in [0, 0.1) is 11.3 Å². The Bertz CT molecular complexity index is 793. The number of rotatable bonds is 4. The SMILES string of the molecule is CC(C)(CNC(=O)N1C[C@@H]2CCC[C@@]2(C(=O)O)C1)c1ccc2c(c1)OCCO2. The van der Waals surface area contributed by atoms with Crippen molar-refractivity contribution >= 4 is 12.0 Å². The van der Waals surface area contributed by atoms with E-state index in [2.05, 4.69) is 19.2 Å². The minimum atomic E-state index is -0.762. The number of hydrogen-bond acceptors (Lipinski definition) is 4. The van der Waals surface area contributed by atoms with Crippen molar-refractivity contribution < 1.29 is 24.2 Å². The fraction of sp³-hybridized carbons (Fsp3) is 0.619. The number of hydrogen-bond donors (Lipinski definition) is 2. The van der Waals surface area contributed by atoms with Gasteiger partial charge in [0.05, 0.1) is 5.41 Å². The highest BCUT2D eigenvalue weighted by atomic mass is 16.6. The van der Waals surface area contributed by atoms with E-state index in [1.165, 1.54) is 0 Å². The third kappa shape index (κ3) is 3.16. The fourth-order valence-corrected chi connectivity index (χ4v) is 4.77. The van der Waals surface area contributed by atoms with Crippen LogP contribution in [-0.4, -0.2) is 54.9 Å². The molecule has 0 bridgehead atoms. The summed E-state index contributed by atoms with van der Waals surface area (Å²) < 4.78 is 11.2. The molecule has 1 aromatic rings. The maximum atomic E-state index is 12.7. The van der Waals surface area contributed by atoms with Crippen LogP contribution >= 0.6 is 0 Å². The third-order valence-electron chi connectivity index (χ3n) is 6.59. The molecular weight excluding hydrogens is 360 g/mol. The van der Waals surface area contributed by atoms with Crippen LogP contribution in [0.2, 0.25) is 0 Å². The van der Waals surface area contributed by atoms with Gasteiger partial charge in [0.2, 0.25) is 0 Å². The van der Waals surface area contributed by atoms with Crippen molar-refractivity contribution in [1.29, 1.82) is 0 Å². The number of carboxylic acids is 1. The van der Waals surface area contributed by atoms with Gasteiger partial charge in [-0.3, -0.25) is 4.79 Å². The lowest BCUT2D eigenvalue weighted by atomic mass is 9.81. The van der Waals surface area contributed by atoms with Crippen LogP contribution in [0.1, 0.15) is 38.7 Å². The monoisotopic (exact) mass is 388 g/mol. The molecule has 2 fully saturated rings. The van der Waals surface area contributed by atoms with Gasteiger partial charge in [-0.15, -0.1) is 0 Å². The normalized spacial score (nSPS) is 26.1. The van der Waals surface area contributed by atoms with E-state index in [4.69, 9.17) is 9.47 Å². The minimum absolute atomic E-state index is 0.0709. The predicted molar refractivity (Wildman–Crippen MR) is 103 cm³/mol. The smallest absolute Gasteiger partial charge is 0.317 e. The molecule has 0 unspecified atom stereocenters. The number of urea groups is 1. The summed E-state index contributed by atoms with van der Waals surface area (Å²) in [5, 5.41) is 12.7. The number of likely N-dealkylation sites (tertiary alicyclic amines) is 1. The summed E-state index contributed by atoms with van der Waals surface area (Å²) in [4.78, 5) is 26.2. The highest BCUT2D eigenvalue weighted by molar-refractivity contribution is 5.80. The molecule has 2 atom stereocenters. The average molecular weight is 388 g/mol. The number of carbonyl (C=O) groups is 2. The molecule has 2 heterocycles. The fourth-order valence-electron chi connectivity index (χ4n) is 4.77. The topological polar surface area (TPSA) is 88.1 Å². The largest absolute Gasteiger partial charge is 0.486 e. The van der Waals surface area contributed by atoms with E-state index in [0.717, 1.165) is 29.9 Å². The van der Waals surface area contributed by atoms with Crippen molar-refractivity contribution in [2.24, 2.45) is 11.3 Å². The van der Waals surface area contributed by atoms with Gasteiger partial charge in [-0.2, -0.15) is 0 Å².